The van der Waals surface area contributed by atoms with Crippen LogP contribution < -0.4 is 9.64 Å². The van der Waals surface area contributed by atoms with Crippen LogP contribution in [-0.4, -0.2) is 36.5 Å². The number of methoxy groups -OCH3 is 1. The first-order valence-corrected chi connectivity index (χ1v) is 6.48. The number of carbonyl (C=O) groups excluding carboxylic acids is 2. The van der Waals surface area contributed by atoms with Gasteiger partial charge in [-0.1, -0.05) is 6.07 Å². The Morgan fingerprint density at radius 2 is 2.05 bits per heavy atom. The summed E-state index contributed by atoms with van der Waals surface area (Å²) in [5.74, 6) is 0.497. The summed E-state index contributed by atoms with van der Waals surface area (Å²) in [4.78, 5) is 27.5. The van der Waals surface area contributed by atoms with Crippen LogP contribution >= 0.6 is 0 Å². The Hall–Kier alpha value is -2.04. The van der Waals surface area contributed by atoms with Gasteiger partial charge in [0.2, 0.25) is 5.91 Å². The number of carbonyl (C=O) groups is 2. The fourth-order valence-corrected chi connectivity index (χ4v) is 2.39. The van der Waals surface area contributed by atoms with Gasteiger partial charge in [0.25, 0.3) is 0 Å². The fraction of sp³-hybridized carbons (Fsp3) is 0.429. The minimum Gasteiger partial charge on any atom is -0.497 e. The molecule has 0 bridgehead atoms. The number of amides is 3. The van der Waals surface area contributed by atoms with Crippen LogP contribution in [0.2, 0.25) is 0 Å². The number of hydrogen-bond acceptors (Lipinski definition) is 3. The number of benzene rings is 1. The van der Waals surface area contributed by atoms with Crippen molar-refractivity contribution in [3.63, 3.8) is 0 Å². The van der Waals surface area contributed by atoms with Gasteiger partial charge in [-0.2, -0.15) is 0 Å². The van der Waals surface area contributed by atoms with Crippen molar-refractivity contribution in [1.82, 2.24) is 4.90 Å². The van der Waals surface area contributed by atoms with Crippen molar-refractivity contribution in [2.75, 3.05) is 18.6 Å². The molecule has 1 saturated carbocycles. The van der Waals surface area contributed by atoms with Crippen LogP contribution in [0.15, 0.2) is 24.3 Å². The molecule has 1 aliphatic carbocycles. The molecule has 1 heterocycles. The lowest BCUT2D eigenvalue weighted by molar-refractivity contribution is -0.119. The second-order valence-corrected chi connectivity index (χ2v) is 4.89. The van der Waals surface area contributed by atoms with Crippen molar-refractivity contribution < 1.29 is 14.3 Å². The highest BCUT2D eigenvalue weighted by molar-refractivity contribution is 6.16. The maximum atomic E-state index is 12.4. The number of anilines is 1. The summed E-state index contributed by atoms with van der Waals surface area (Å²) in [6, 6.07) is 7.17. The molecule has 100 valence electrons. The van der Waals surface area contributed by atoms with Crippen molar-refractivity contribution in [1.29, 1.82) is 0 Å². The molecule has 0 atom stereocenters. The molecule has 5 heteroatoms. The summed E-state index contributed by atoms with van der Waals surface area (Å²) in [6.07, 6.45) is 2.48. The Morgan fingerprint density at radius 1 is 1.26 bits per heavy atom. The first-order chi connectivity index (χ1) is 9.20. The van der Waals surface area contributed by atoms with Crippen molar-refractivity contribution in [3.8, 4) is 5.75 Å². The van der Waals surface area contributed by atoms with Crippen LogP contribution in [0.1, 0.15) is 19.3 Å². The normalized spacial score (nSPS) is 19.8. The number of urea groups is 1. The molecular weight excluding hydrogens is 244 g/mol. The Balaban J connectivity index is 1.91. The molecule has 1 aromatic rings. The number of nitrogens with zero attached hydrogens (tertiary/aromatic N) is 2. The maximum absolute atomic E-state index is 12.4. The molecule has 2 aliphatic rings. The quantitative estimate of drug-likeness (QED) is 0.835. The number of ether oxygens (including phenoxy) is 1. The molecule has 1 aromatic carbocycles. The van der Waals surface area contributed by atoms with Crippen LogP contribution in [0.25, 0.3) is 0 Å². The fourth-order valence-electron chi connectivity index (χ4n) is 2.39. The van der Waals surface area contributed by atoms with E-state index < -0.39 is 0 Å². The predicted octanol–water partition coefficient (Wildman–Crippen LogP) is 2.02. The van der Waals surface area contributed by atoms with Gasteiger partial charge in [-0.3, -0.25) is 4.79 Å². The standard InChI is InChI=1S/C14H16N2O3/c1-19-12-4-2-3-11(9-12)16-13(17)7-8-15(14(16)18)10-5-6-10/h2-4,9-10H,5-8H2,1H3. The van der Waals surface area contributed by atoms with Gasteiger partial charge >= 0.3 is 6.03 Å². The van der Waals surface area contributed by atoms with Crippen LogP contribution in [0, 0.1) is 0 Å². The van der Waals surface area contributed by atoms with E-state index in [-0.39, 0.29) is 11.9 Å². The lowest BCUT2D eigenvalue weighted by Crippen LogP contribution is -2.53. The highest BCUT2D eigenvalue weighted by Crippen LogP contribution is 2.32. The van der Waals surface area contributed by atoms with E-state index in [1.54, 1.807) is 36.3 Å². The highest BCUT2D eigenvalue weighted by atomic mass is 16.5. The summed E-state index contributed by atoms with van der Waals surface area (Å²) in [7, 11) is 1.56. The maximum Gasteiger partial charge on any atom is 0.331 e. The summed E-state index contributed by atoms with van der Waals surface area (Å²) in [5, 5.41) is 0. The first kappa shape index (κ1) is 12.0. The topological polar surface area (TPSA) is 49.9 Å². The molecule has 0 aromatic heterocycles. The molecule has 19 heavy (non-hydrogen) atoms. The smallest absolute Gasteiger partial charge is 0.331 e. The molecule has 2 fully saturated rings. The van der Waals surface area contributed by atoms with Gasteiger partial charge in [0.05, 0.1) is 12.8 Å². The third-order valence-electron chi connectivity index (χ3n) is 3.55. The molecule has 1 saturated heterocycles. The summed E-state index contributed by atoms with van der Waals surface area (Å²) < 4.78 is 5.14. The molecule has 1 aliphatic heterocycles. The predicted molar refractivity (Wildman–Crippen MR) is 70.2 cm³/mol. The minimum atomic E-state index is -0.202. The van der Waals surface area contributed by atoms with Gasteiger partial charge in [0.1, 0.15) is 5.75 Å². The van der Waals surface area contributed by atoms with Crippen molar-refractivity contribution in [2.45, 2.75) is 25.3 Å². The average Bonchev–Trinajstić information content (AvgIpc) is 3.24. The zero-order valence-corrected chi connectivity index (χ0v) is 10.8. The van der Waals surface area contributed by atoms with E-state index in [1.807, 2.05) is 0 Å². The van der Waals surface area contributed by atoms with Crippen molar-refractivity contribution in [3.05, 3.63) is 24.3 Å². The van der Waals surface area contributed by atoms with E-state index in [9.17, 15) is 9.59 Å². The van der Waals surface area contributed by atoms with E-state index in [0.29, 0.717) is 30.4 Å². The van der Waals surface area contributed by atoms with Crippen LogP contribution in [0.3, 0.4) is 0 Å². The summed E-state index contributed by atoms with van der Waals surface area (Å²) in [5.41, 5.74) is 0.583. The monoisotopic (exact) mass is 260 g/mol. The first-order valence-electron chi connectivity index (χ1n) is 6.48. The Bertz CT molecular complexity index is 525. The summed E-state index contributed by atoms with van der Waals surface area (Å²) in [6.45, 7) is 0.544. The zero-order valence-electron chi connectivity index (χ0n) is 10.8. The van der Waals surface area contributed by atoms with E-state index in [2.05, 4.69) is 0 Å². The second kappa shape index (κ2) is 4.57. The summed E-state index contributed by atoms with van der Waals surface area (Å²) >= 11 is 0. The van der Waals surface area contributed by atoms with Crippen molar-refractivity contribution in [2.24, 2.45) is 0 Å². The third-order valence-corrected chi connectivity index (χ3v) is 3.55. The number of hydrogen-bond donors (Lipinski definition) is 0. The van der Waals surface area contributed by atoms with Gasteiger partial charge < -0.3 is 9.64 Å². The van der Waals surface area contributed by atoms with Crippen LogP contribution in [0.5, 0.6) is 5.75 Å². The molecule has 5 nitrogen and oxygen atoms in total. The highest BCUT2D eigenvalue weighted by Gasteiger charge is 2.40. The molecule has 0 spiro atoms. The lowest BCUT2D eigenvalue weighted by atomic mass is 10.2. The van der Waals surface area contributed by atoms with Gasteiger partial charge in [-0.15, -0.1) is 0 Å². The van der Waals surface area contributed by atoms with Crippen molar-refractivity contribution >= 4 is 17.6 Å². The molecular formula is C14H16N2O3. The van der Waals surface area contributed by atoms with Gasteiger partial charge in [-0.25, -0.2) is 9.69 Å². The Morgan fingerprint density at radius 3 is 2.74 bits per heavy atom. The van der Waals surface area contributed by atoms with E-state index in [4.69, 9.17) is 4.74 Å². The number of rotatable bonds is 3. The molecule has 3 rings (SSSR count). The van der Waals surface area contributed by atoms with E-state index >= 15 is 0 Å². The molecule has 0 unspecified atom stereocenters. The lowest BCUT2D eigenvalue weighted by Gasteiger charge is -2.34. The molecule has 0 N–H and O–H groups in total. The largest absolute Gasteiger partial charge is 0.497 e. The third kappa shape index (κ3) is 2.16. The Kier molecular flexibility index (Phi) is 2.89. The van der Waals surface area contributed by atoms with Gasteiger partial charge in [0.15, 0.2) is 0 Å². The number of imide groups is 1. The van der Waals surface area contributed by atoms with Crippen LogP contribution in [0.4, 0.5) is 10.5 Å². The van der Waals surface area contributed by atoms with E-state index in [0.717, 1.165) is 12.8 Å². The average molecular weight is 260 g/mol. The van der Waals surface area contributed by atoms with E-state index in [1.165, 1.54) is 4.90 Å². The zero-order chi connectivity index (χ0) is 13.4. The SMILES string of the molecule is COc1cccc(N2C(=O)CCN(C3CC3)C2=O)c1. The molecule has 0 radical (unpaired) electrons. The van der Waals surface area contributed by atoms with Crippen LogP contribution in [-0.2, 0) is 4.79 Å². The Labute approximate surface area is 111 Å². The minimum absolute atomic E-state index is 0.143. The molecule has 3 amide bonds. The van der Waals surface area contributed by atoms with Gasteiger partial charge in [0, 0.05) is 25.1 Å². The van der Waals surface area contributed by atoms with Gasteiger partial charge in [-0.05, 0) is 25.0 Å². The second-order valence-electron chi connectivity index (χ2n) is 4.89.